The van der Waals surface area contributed by atoms with E-state index in [9.17, 15) is 4.79 Å². The Morgan fingerprint density at radius 1 is 1.17 bits per heavy atom. The van der Waals surface area contributed by atoms with Crippen molar-refractivity contribution in [2.24, 2.45) is 0 Å². The molecule has 2 aromatic carbocycles. The number of carbonyl (C=O) groups excluding carboxylic acids is 1. The number of halogens is 1. The van der Waals surface area contributed by atoms with Crippen LogP contribution in [0.4, 0.5) is 0 Å². The van der Waals surface area contributed by atoms with Crippen LogP contribution in [-0.2, 0) is 6.54 Å². The van der Waals surface area contributed by atoms with Crippen molar-refractivity contribution in [1.29, 1.82) is 0 Å². The minimum atomic E-state index is -0.341. The van der Waals surface area contributed by atoms with E-state index in [-0.39, 0.29) is 11.0 Å². The molecule has 0 aliphatic heterocycles. The molecule has 4 rings (SSSR count). The van der Waals surface area contributed by atoms with E-state index in [0.717, 1.165) is 32.5 Å². The number of carbonyl (C=O) groups is 1. The summed E-state index contributed by atoms with van der Waals surface area (Å²) in [4.78, 5) is 13.1. The Morgan fingerprint density at radius 2 is 1.93 bits per heavy atom. The first-order chi connectivity index (χ1) is 14.4. The Bertz CT molecular complexity index is 1250. The van der Waals surface area contributed by atoms with Crippen molar-refractivity contribution >= 4 is 51.1 Å². The van der Waals surface area contributed by atoms with Crippen LogP contribution in [0.1, 0.15) is 27.3 Å². The minimum Gasteiger partial charge on any atom is -0.358 e. The Morgan fingerprint density at radius 3 is 2.63 bits per heavy atom. The highest BCUT2D eigenvalue weighted by Crippen LogP contribution is 2.25. The van der Waals surface area contributed by atoms with Gasteiger partial charge in [0.15, 0.2) is 10.9 Å². The first kappa shape index (κ1) is 20.4. The second kappa shape index (κ2) is 8.47. The molecule has 152 valence electrons. The summed E-state index contributed by atoms with van der Waals surface area (Å²) in [5, 5.41) is 19.8. The normalized spacial score (nSPS) is 10.9. The Balaban J connectivity index is 1.35. The van der Waals surface area contributed by atoms with Crippen LogP contribution in [-0.4, -0.2) is 30.8 Å². The lowest BCUT2D eigenvalue weighted by Gasteiger charge is -2.11. The van der Waals surface area contributed by atoms with Crippen LogP contribution in [0.25, 0.3) is 15.5 Å². The average molecular weight is 457 g/mol. The van der Waals surface area contributed by atoms with E-state index in [0.29, 0.717) is 17.1 Å². The number of rotatable bonds is 4. The SMILES string of the molecule is Cc1ccc(C(=O)NC(=S)NCc2ccc(-c3nn4c(C)nnc4s3)cc2)c(Cl)c1. The van der Waals surface area contributed by atoms with Gasteiger partial charge >= 0.3 is 0 Å². The van der Waals surface area contributed by atoms with Crippen LogP contribution in [0, 0.1) is 13.8 Å². The molecule has 10 heteroatoms. The summed E-state index contributed by atoms with van der Waals surface area (Å²) in [5.41, 5.74) is 3.39. The quantitative estimate of drug-likeness (QED) is 0.453. The van der Waals surface area contributed by atoms with Gasteiger partial charge in [-0.05, 0) is 49.3 Å². The molecule has 0 spiro atoms. The number of hydrogen-bond donors (Lipinski definition) is 2. The van der Waals surface area contributed by atoms with Crippen molar-refractivity contribution in [2.75, 3.05) is 0 Å². The number of fused-ring (bicyclic) bond motifs is 1. The fraction of sp³-hybridized carbons (Fsp3) is 0.150. The van der Waals surface area contributed by atoms with Crippen molar-refractivity contribution in [1.82, 2.24) is 30.4 Å². The zero-order valence-corrected chi connectivity index (χ0v) is 18.5. The van der Waals surface area contributed by atoms with Gasteiger partial charge < -0.3 is 5.32 Å². The lowest BCUT2D eigenvalue weighted by molar-refractivity contribution is 0.0977. The monoisotopic (exact) mass is 456 g/mol. The number of amides is 1. The standard InChI is InChI=1S/C20H17ClN6OS2/c1-11-3-8-15(16(21)9-11)17(28)23-19(29)22-10-13-4-6-14(7-5-13)18-26-27-12(2)24-25-20(27)30-18/h3-9H,10H2,1-2H3,(H2,22,23,28,29). The molecule has 2 heterocycles. The van der Waals surface area contributed by atoms with E-state index in [4.69, 9.17) is 23.8 Å². The maximum absolute atomic E-state index is 12.3. The molecule has 0 aliphatic carbocycles. The van der Waals surface area contributed by atoms with Gasteiger partial charge in [0.05, 0.1) is 10.6 Å². The summed E-state index contributed by atoms with van der Waals surface area (Å²) in [7, 11) is 0. The Labute approximate surface area is 187 Å². The molecule has 0 bridgehead atoms. The predicted octanol–water partition coefficient (Wildman–Crippen LogP) is 3.93. The molecule has 30 heavy (non-hydrogen) atoms. The zero-order valence-electron chi connectivity index (χ0n) is 16.1. The van der Waals surface area contributed by atoms with Crippen molar-refractivity contribution in [3.05, 3.63) is 70.0 Å². The van der Waals surface area contributed by atoms with Crippen LogP contribution < -0.4 is 10.6 Å². The topological polar surface area (TPSA) is 84.2 Å². The van der Waals surface area contributed by atoms with Gasteiger partial charge in [-0.25, -0.2) is 0 Å². The van der Waals surface area contributed by atoms with E-state index in [1.165, 1.54) is 11.3 Å². The fourth-order valence-corrected chi connectivity index (χ4v) is 4.17. The molecule has 0 saturated carbocycles. The molecule has 2 N–H and O–H groups in total. The number of hydrogen-bond acceptors (Lipinski definition) is 6. The van der Waals surface area contributed by atoms with E-state index >= 15 is 0 Å². The molecule has 0 atom stereocenters. The van der Waals surface area contributed by atoms with E-state index in [2.05, 4.69) is 25.9 Å². The van der Waals surface area contributed by atoms with Gasteiger partial charge in [0, 0.05) is 12.1 Å². The van der Waals surface area contributed by atoms with Crippen molar-refractivity contribution in [3.63, 3.8) is 0 Å². The summed E-state index contributed by atoms with van der Waals surface area (Å²) >= 11 is 12.9. The van der Waals surface area contributed by atoms with E-state index in [1.807, 2.05) is 44.2 Å². The number of thiocarbonyl (C=S) groups is 1. The van der Waals surface area contributed by atoms with Gasteiger partial charge in [-0.15, -0.1) is 10.2 Å². The predicted molar refractivity (Wildman–Crippen MR) is 122 cm³/mol. The van der Waals surface area contributed by atoms with Crippen molar-refractivity contribution < 1.29 is 4.79 Å². The summed E-state index contributed by atoms with van der Waals surface area (Å²) in [6.07, 6.45) is 0. The minimum absolute atomic E-state index is 0.241. The van der Waals surface area contributed by atoms with Gasteiger partial charge in [-0.3, -0.25) is 10.1 Å². The highest BCUT2D eigenvalue weighted by molar-refractivity contribution is 7.80. The van der Waals surface area contributed by atoms with E-state index < -0.39 is 0 Å². The molecule has 0 saturated heterocycles. The van der Waals surface area contributed by atoms with Gasteiger partial charge in [0.2, 0.25) is 4.96 Å². The maximum Gasteiger partial charge on any atom is 0.258 e. The third-order valence-corrected chi connectivity index (χ3v) is 5.90. The van der Waals surface area contributed by atoms with E-state index in [1.54, 1.807) is 16.6 Å². The second-order valence-electron chi connectivity index (χ2n) is 6.67. The molecule has 0 fully saturated rings. The third kappa shape index (κ3) is 4.33. The van der Waals surface area contributed by atoms with Crippen molar-refractivity contribution in [3.8, 4) is 10.6 Å². The average Bonchev–Trinajstić information content (AvgIpc) is 3.29. The summed E-state index contributed by atoms with van der Waals surface area (Å²) < 4.78 is 1.73. The Kier molecular flexibility index (Phi) is 5.76. The molecule has 1 amide bonds. The van der Waals surface area contributed by atoms with Gasteiger partial charge in [0.1, 0.15) is 5.01 Å². The van der Waals surface area contributed by atoms with Gasteiger partial charge in [0.25, 0.3) is 5.91 Å². The molecule has 2 aromatic heterocycles. The molecule has 4 aromatic rings. The summed E-state index contributed by atoms with van der Waals surface area (Å²) in [6.45, 7) is 4.26. The number of nitrogens with zero attached hydrogens (tertiary/aromatic N) is 4. The summed E-state index contributed by atoms with van der Waals surface area (Å²) in [6, 6.07) is 13.2. The van der Waals surface area contributed by atoms with Crippen LogP contribution in [0.5, 0.6) is 0 Å². The zero-order chi connectivity index (χ0) is 21.3. The fourth-order valence-electron chi connectivity index (χ4n) is 2.80. The van der Waals surface area contributed by atoms with Crippen LogP contribution in [0.2, 0.25) is 5.02 Å². The second-order valence-corrected chi connectivity index (χ2v) is 8.44. The van der Waals surface area contributed by atoms with Crippen molar-refractivity contribution in [2.45, 2.75) is 20.4 Å². The van der Waals surface area contributed by atoms with Crippen LogP contribution in [0.15, 0.2) is 42.5 Å². The van der Waals surface area contributed by atoms with Gasteiger partial charge in [-0.1, -0.05) is 53.3 Å². The number of aromatic nitrogens is 4. The largest absolute Gasteiger partial charge is 0.358 e. The van der Waals surface area contributed by atoms with Crippen LogP contribution in [0.3, 0.4) is 0 Å². The number of nitrogens with one attached hydrogen (secondary N) is 2. The van der Waals surface area contributed by atoms with Gasteiger partial charge in [-0.2, -0.15) is 9.61 Å². The molecule has 7 nitrogen and oxygen atoms in total. The number of aryl methyl sites for hydroxylation is 2. The smallest absolute Gasteiger partial charge is 0.258 e. The lowest BCUT2D eigenvalue weighted by Crippen LogP contribution is -2.38. The number of benzene rings is 2. The molecular formula is C20H17ClN6OS2. The summed E-state index contributed by atoms with van der Waals surface area (Å²) in [5.74, 6) is 0.419. The lowest BCUT2D eigenvalue weighted by atomic mass is 10.1. The third-order valence-electron chi connectivity index (χ3n) is 4.40. The first-order valence-corrected chi connectivity index (χ1v) is 10.6. The van der Waals surface area contributed by atoms with Crippen LogP contribution >= 0.6 is 35.2 Å². The molecule has 0 aliphatic rings. The molecular weight excluding hydrogens is 440 g/mol. The highest BCUT2D eigenvalue weighted by atomic mass is 35.5. The highest BCUT2D eigenvalue weighted by Gasteiger charge is 2.12. The maximum atomic E-state index is 12.3. The Hall–Kier alpha value is -2.88. The molecule has 0 radical (unpaired) electrons. The first-order valence-electron chi connectivity index (χ1n) is 9.04. The molecule has 0 unspecified atom stereocenters.